The maximum Gasteiger partial charge on any atom is 0.228 e. The largest absolute Gasteiger partial charge is 0.461 e. The Morgan fingerprint density at radius 2 is 2.08 bits per heavy atom. The normalized spacial score (nSPS) is 16.5. The fraction of sp³-hybridized carbons (Fsp3) is 0.350. The summed E-state index contributed by atoms with van der Waals surface area (Å²) in [5.41, 5.74) is 2.85. The van der Waals surface area contributed by atoms with Crippen molar-refractivity contribution in [2.24, 2.45) is 0 Å². The van der Waals surface area contributed by atoms with Gasteiger partial charge in [-0.05, 0) is 74.3 Å². The van der Waals surface area contributed by atoms with Crippen LogP contribution < -0.4 is 5.84 Å². The molecule has 2 aromatic heterocycles. The van der Waals surface area contributed by atoms with E-state index in [4.69, 9.17) is 10.3 Å². The maximum atomic E-state index is 12.6. The summed E-state index contributed by atoms with van der Waals surface area (Å²) in [5.74, 6) is 6.92. The third-order valence-corrected chi connectivity index (χ3v) is 5.35. The highest BCUT2D eigenvalue weighted by Gasteiger charge is 2.24. The molecule has 5 nitrogen and oxygen atoms in total. The quantitative estimate of drug-likeness (QED) is 0.585. The maximum absolute atomic E-state index is 12.6. The van der Waals surface area contributed by atoms with Gasteiger partial charge in [-0.3, -0.25) is 9.47 Å². The Kier molecular flexibility index (Phi) is 4.09. The molecular formula is C20H23N3O2. The number of hydrogen-bond donors (Lipinski definition) is 1. The molecular weight excluding hydrogens is 314 g/mol. The van der Waals surface area contributed by atoms with Gasteiger partial charge in [0.25, 0.3) is 0 Å². The molecule has 2 N–H and O–H groups in total. The van der Waals surface area contributed by atoms with Gasteiger partial charge in [-0.1, -0.05) is 6.92 Å². The number of nitrogen functional groups attached to an aromatic ring is 1. The lowest BCUT2D eigenvalue weighted by atomic mass is 9.88. The van der Waals surface area contributed by atoms with E-state index in [-0.39, 0.29) is 5.78 Å². The molecule has 3 aromatic rings. The number of carbonyl (C=O) groups is 1. The molecule has 1 fully saturated rings. The number of nitrogens with two attached hydrogens (primary N) is 1. The molecule has 1 saturated heterocycles. The lowest BCUT2D eigenvalue weighted by Crippen LogP contribution is -2.32. The number of rotatable bonds is 4. The highest BCUT2D eigenvalue weighted by molar-refractivity contribution is 6.09. The zero-order chi connectivity index (χ0) is 17.4. The van der Waals surface area contributed by atoms with Crippen molar-refractivity contribution in [2.75, 3.05) is 25.5 Å². The van der Waals surface area contributed by atoms with Crippen LogP contribution in [0.15, 0.2) is 47.2 Å². The van der Waals surface area contributed by atoms with E-state index in [9.17, 15) is 4.79 Å². The molecule has 0 unspecified atom stereocenters. The lowest BCUT2D eigenvalue weighted by Gasteiger charge is -2.30. The van der Waals surface area contributed by atoms with Gasteiger partial charge in [-0.25, -0.2) is 0 Å². The van der Waals surface area contributed by atoms with E-state index in [0.29, 0.717) is 17.2 Å². The number of furan rings is 1. The first kappa shape index (κ1) is 16.0. The van der Waals surface area contributed by atoms with E-state index >= 15 is 0 Å². The molecule has 1 aromatic carbocycles. The second kappa shape index (κ2) is 6.41. The van der Waals surface area contributed by atoms with Crippen LogP contribution in [0, 0.1) is 0 Å². The lowest BCUT2D eigenvalue weighted by molar-refractivity contribution is 0.101. The molecule has 0 saturated carbocycles. The minimum atomic E-state index is -0.0941. The molecule has 3 heterocycles. The molecule has 0 atom stereocenters. The average molecular weight is 337 g/mol. The molecule has 1 aliphatic heterocycles. The van der Waals surface area contributed by atoms with Crippen LogP contribution >= 0.6 is 0 Å². The number of nitrogens with zero attached hydrogens (tertiary/aromatic N) is 2. The van der Waals surface area contributed by atoms with Crippen LogP contribution in [0.2, 0.25) is 0 Å². The molecule has 0 bridgehead atoms. The van der Waals surface area contributed by atoms with Gasteiger partial charge in [0, 0.05) is 17.1 Å². The fourth-order valence-electron chi connectivity index (χ4n) is 3.86. The van der Waals surface area contributed by atoms with Crippen LogP contribution in [0.1, 0.15) is 47.4 Å². The number of hydrogen-bond acceptors (Lipinski definition) is 4. The van der Waals surface area contributed by atoms with Crippen LogP contribution in [0.3, 0.4) is 0 Å². The monoisotopic (exact) mass is 337 g/mol. The van der Waals surface area contributed by atoms with E-state index in [0.717, 1.165) is 43.4 Å². The molecule has 0 aliphatic carbocycles. The average Bonchev–Trinajstić information content (AvgIpc) is 3.29. The number of fused-ring (bicyclic) bond motifs is 1. The van der Waals surface area contributed by atoms with Crippen molar-refractivity contribution in [1.82, 2.24) is 9.58 Å². The Morgan fingerprint density at radius 3 is 2.76 bits per heavy atom. The number of benzene rings is 1. The second-order valence-electron chi connectivity index (χ2n) is 6.74. The number of carbonyl (C=O) groups excluding carboxylic acids is 1. The fourth-order valence-corrected chi connectivity index (χ4v) is 3.86. The van der Waals surface area contributed by atoms with Crippen LogP contribution in [0.4, 0.5) is 0 Å². The Bertz CT molecular complexity index is 887. The van der Waals surface area contributed by atoms with Crippen LogP contribution in [0.25, 0.3) is 10.9 Å². The predicted molar refractivity (Wildman–Crippen MR) is 98.3 cm³/mol. The third-order valence-electron chi connectivity index (χ3n) is 5.35. The molecule has 5 heteroatoms. The second-order valence-corrected chi connectivity index (χ2v) is 6.74. The molecule has 0 radical (unpaired) electrons. The van der Waals surface area contributed by atoms with Crippen molar-refractivity contribution in [3.8, 4) is 0 Å². The first-order valence-corrected chi connectivity index (χ1v) is 8.88. The minimum Gasteiger partial charge on any atom is -0.461 e. The summed E-state index contributed by atoms with van der Waals surface area (Å²) in [5, 5.41) is 1.08. The van der Waals surface area contributed by atoms with E-state index in [2.05, 4.69) is 11.8 Å². The van der Waals surface area contributed by atoms with Gasteiger partial charge in [0.2, 0.25) is 5.78 Å². The summed E-state index contributed by atoms with van der Waals surface area (Å²) < 4.78 is 6.93. The van der Waals surface area contributed by atoms with Crippen molar-refractivity contribution in [2.45, 2.75) is 25.7 Å². The molecule has 1 aliphatic rings. The molecule has 130 valence electrons. The Balaban J connectivity index is 1.70. The molecule has 0 amide bonds. The van der Waals surface area contributed by atoms with Gasteiger partial charge >= 0.3 is 0 Å². The van der Waals surface area contributed by atoms with Gasteiger partial charge < -0.3 is 15.2 Å². The summed E-state index contributed by atoms with van der Waals surface area (Å²) in [6, 6.07) is 9.14. The summed E-state index contributed by atoms with van der Waals surface area (Å²) in [6.07, 6.45) is 5.81. The van der Waals surface area contributed by atoms with Crippen LogP contribution in [-0.4, -0.2) is 35.0 Å². The standard InChI is InChI=1S/C20H23N3O2/c1-2-22-9-7-14(8-10-22)17-13-23(21)18-6-5-15(12-16(17)18)20(24)19-4-3-11-25-19/h3-6,11-14H,2,7-10,21H2,1H3. The summed E-state index contributed by atoms with van der Waals surface area (Å²) in [7, 11) is 0. The van der Waals surface area contributed by atoms with Crippen molar-refractivity contribution in [3.05, 3.63) is 59.7 Å². The minimum absolute atomic E-state index is 0.0941. The van der Waals surface area contributed by atoms with Gasteiger partial charge in [-0.15, -0.1) is 0 Å². The summed E-state index contributed by atoms with van der Waals surface area (Å²) in [6.45, 7) is 5.54. The van der Waals surface area contributed by atoms with Crippen molar-refractivity contribution in [1.29, 1.82) is 0 Å². The number of piperidine rings is 1. The zero-order valence-electron chi connectivity index (χ0n) is 14.4. The van der Waals surface area contributed by atoms with Crippen molar-refractivity contribution >= 4 is 16.7 Å². The summed E-state index contributed by atoms with van der Waals surface area (Å²) >= 11 is 0. The first-order chi connectivity index (χ1) is 12.2. The smallest absolute Gasteiger partial charge is 0.228 e. The first-order valence-electron chi connectivity index (χ1n) is 8.88. The Labute approximate surface area is 147 Å². The summed E-state index contributed by atoms with van der Waals surface area (Å²) in [4.78, 5) is 15.1. The molecule has 4 rings (SSSR count). The number of likely N-dealkylation sites (tertiary alicyclic amines) is 1. The van der Waals surface area contributed by atoms with E-state index in [1.165, 1.54) is 11.8 Å². The van der Waals surface area contributed by atoms with Crippen molar-refractivity contribution in [3.63, 3.8) is 0 Å². The Hall–Kier alpha value is -2.53. The topological polar surface area (TPSA) is 64.4 Å². The van der Waals surface area contributed by atoms with Gasteiger partial charge in [0.1, 0.15) is 0 Å². The van der Waals surface area contributed by atoms with E-state index < -0.39 is 0 Å². The predicted octanol–water partition coefficient (Wildman–Crippen LogP) is 3.38. The van der Waals surface area contributed by atoms with Gasteiger partial charge in [0.05, 0.1) is 11.8 Å². The zero-order valence-corrected chi connectivity index (χ0v) is 14.4. The molecule has 25 heavy (non-hydrogen) atoms. The third kappa shape index (κ3) is 2.85. The van der Waals surface area contributed by atoms with Crippen LogP contribution in [-0.2, 0) is 0 Å². The SMILES string of the molecule is CCN1CCC(c2cn(N)c3ccc(C(=O)c4ccco4)cc23)CC1. The van der Waals surface area contributed by atoms with E-state index in [1.54, 1.807) is 16.8 Å². The Morgan fingerprint density at radius 1 is 1.28 bits per heavy atom. The highest BCUT2D eigenvalue weighted by atomic mass is 16.3. The van der Waals surface area contributed by atoms with Crippen molar-refractivity contribution < 1.29 is 9.21 Å². The van der Waals surface area contributed by atoms with Gasteiger partial charge in [0.15, 0.2) is 5.76 Å². The highest BCUT2D eigenvalue weighted by Crippen LogP contribution is 2.34. The number of aromatic nitrogens is 1. The molecule has 0 spiro atoms. The van der Waals surface area contributed by atoms with E-state index in [1.807, 2.05) is 24.4 Å². The number of ketones is 1. The van der Waals surface area contributed by atoms with Crippen LogP contribution in [0.5, 0.6) is 0 Å². The van der Waals surface area contributed by atoms with Gasteiger partial charge in [-0.2, -0.15) is 0 Å².